The minimum Gasteiger partial charge on any atom is -0.382 e. The second kappa shape index (κ2) is 4.73. The van der Waals surface area contributed by atoms with Gasteiger partial charge in [-0.1, -0.05) is 6.07 Å². The van der Waals surface area contributed by atoms with Crippen LogP contribution in [0.25, 0.3) is 0 Å². The van der Waals surface area contributed by atoms with E-state index in [9.17, 15) is 8.78 Å². The van der Waals surface area contributed by atoms with Crippen molar-refractivity contribution in [1.29, 1.82) is 0 Å². The molecule has 3 N–H and O–H groups in total. The van der Waals surface area contributed by atoms with Crippen LogP contribution in [0.4, 0.5) is 20.4 Å². The van der Waals surface area contributed by atoms with Gasteiger partial charge in [0.05, 0.1) is 0 Å². The Bertz CT molecular complexity index is 513. The fourth-order valence-corrected chi connectivity index (χ4v) is 1.28. The van der Waals surface area contributed by atoms with E-state index >= 15 is 0 Å². The lowest BCUT2D eigenvalue weighted by molar-refractivity contribution is 0.507. The zero-order valence-electron chi connectivity index (χ0n) is 8.82. The van der Waals surface area contributed by atoms with Crippen LogP contribution in [-0.4, -0.2) is 10.2 Å². The molecule has 6 heteroatoms. The highest BCUT2D eigenvalue weighted by molar-refractivity contribution is 5.39. The molecule has 0 atom stereocenters. The van der Waals surface area contributed by atoms with Crippen LogP contribution in [-0.2, 0) is 6.54 Å². The molecular weight excluding hydrogens is 226 g/mol. The first-order chi connectivity index (χ1) is 8.15. The topological polar surface area (TPSA) is 63.8 Å². The Hall–Kier alpha value is -2.24. The summed E-state index contributed by atoms with van der Waals surface area (Å²) in [4.78, 5) is 0. The Balaban J connectivity index is 2.02. The number of hydrogen-bond donors (Lipinski definition) is 2. The lowest BCUT2D eigenvalue weighted by Gasteiger charge is -2.05. The normalized spacial score (nSPS) is 10.2. The zero-order valence-corrected chi connectivity index (χ0v) is 8.82. The first-order valence-electron chi connectivity index (χ1n) is 4.92. The minimum atomic E-state index is -0.868. The predicted octanol–water partition coefficient (Wildman–Crippen LogP) is 1.95. The number of benzene rings is 1. The molecule has 0 spiro atoms. The van der Waals surface area contributed by atoms with Crippen molar-refractivity contribution in [3.8, 4) is 0 Å². The van der Waals surface area contributed by atoms with Gasteiger partial charge in [0.15, 0.2) is 11.6 Å². The molecule has 0 saturated heterocycles. The third kappa shape index (κ3) is 2.87. The molecule has 0 unspecified atom stereocenters. The second-order valence-corrected chi connectivity index (χ2v) is 3.45. The van der Waals surface area contributed by atoms with Gasteiger partial charge in [-0.25, -0.2) is 8.78 Å². The summed E-state index contributed by atoms with van der Waals surface area (Å²) in [5.74, 6) is -0.888. The van der Waals surface area contributed by atoms with Gasteiger partial charge < -0.3 is 11.1 Å². The summed E-state index contributed by atoms with van der Waals surface area (Å²) in [5.41, 5.74) is 5.99. The smallest absolute Gasteiger partial charge is 0.159 e. The van der Waals surface area contributed by atoms with Gasteiger partial charge in [0.1, 0.15) is 11.6 Å². The summed E-state index contributed by atoms with van der Waals surface area (Å²) in [6, 6.07) is 6.97. The van der Waals surface area contributed by atoms with E-state index in [1.807, 2.05) is 0 Å². The van der Waals surface area contributed by atoms with Gasteiger partial charge in [0, 0.05) is 6.54 Å². The number of halogens is 2. The fraction of sp³-hybridized carbons (Fsp3) is 0.0909. The monoisotopic (exact) mass is 236 g/mol. The van der Waals surface area contributed by atoms with Crippen LogP contribution >= 0.6 is 0 Å². The van der Waals surface area contributed by atoms with Gasteiger partial charge in [0.25, 0.3) is 0 Å². The fourth-order valence-electron chi connectivity index (χ4n) is 1.28. The SMILES string of the molecule is Nc1ccc(NCc2ccc(F)c(F)c2)nn1. The number of nitrogens with one attached hydrogen (secondary N) is 1. The van der Waals surface area contributed by atoms with Gasteiger partial charge in [-0.3, -0.25) is 0 Å². The molecule has 1 aromatic carbocycles. The molecule has 0 fully saturated rings. The summed E-state index contributed by atoms with van der Waals surface area (Å²) in [6.45, 7) is 0.329. The third-order valence-electron chi connectivity index (χ3n) is 2.14. The van der Waals surface area contributed by atoms with Crippen molar-refractivity contribution in [3.05, 3.63) is 47.5 Å². The highest BCUT2D eigenvalue weighted by Crippen LogP contribution is 2.10. The molecule has 1 aromatic heterocycles. The van der Waals surface area contributed by atoms with Crippen molar-refractivity contribution in [1.82, 2.24) is 10.2 Å². The van der Waals surface area contributed by atoms with Crippen LogP contribution < -0.4 is 11.1 Å². The van der Waals surface area contributed by atoms with Gasteiger partial charge in [-0.2, -0.15) is 0 Å². The summed E-state index contributed by atoms with van der Waals surface area (Å²) >= 11 is 0. The van der Waals surface area contributed by atoms with E-state index in [0.717, 1.165) is 12.1 Å². The number of rotatable bonds is 3. The lowest BCUT2D eigenvalue weighted by Crippen LogP contribution is -2.03. The van der Waals surface area contributed by atoms with Crippen LogP contribution in [0.1, 0.15) is 5.56 Å². The minimum absolute atomic E-state index is 0.323. The van der Waals surface area contributed by atoms with Crippen molar-refractivity contribution in [2.24, 2.45) is 0 Å². The molecule has 0 amide bonds. The first kappa shape index (κ1) is 11.3. The van der Waals surface area contributed by atoms with E-state index < -0.39 is 11.6 Å². The molecular formula is C11H10F2N4. The average Bonchev–Trinajstić information content (AvgIpc) is 2.33. The maximum absolute atomic E-state index is 12.9. The molecule has 0 aliphatic carbocycles. The van der Waals surface area contributed by atoms with E-state index in [2.05, 4.69) is 15.5 Å². The van der Waals surface area contributed by atoms with Crippen molar-refractivity contribution < 1.29 is 8.78 Å². The number of nitrogens with zero attached hydrogens (tertiary/aromatic N) is 2. The van der Waals surface area contributed by atoms with Crippen LogP contribution in [0, 0.1) is 11.6 Å². The molecule has 0 saturated carbocycles. The van der Waals surface area contributed by atoms with E-state index in [0.29, 0.717) is 23.7 Å². The lowest BCUT2D eigenvalue weighted by atomic mass is 10.2. The maximum atomic E-state index is 12.9. The van der Waals surface area contributed by atoms with Crippen LogP contribution in [0.3, 0.4) is 0 Å². The molecule has 2 rings (SSSR count). The summed E-state index contributed by atoms with van der Waals surface area (Å²) in [7, 11) is 0. The van der Waals surface area contributed by atoms with Crippen LogP contribution in [0.2, 0.25) is 0 Å². The van der Waals surface area contributed by atoms with Crippen molar-refractivity contribution in [2.45, 2.75) is 6.54 Å². The van der Waals surface area contributed by atoms with Gasteiger partial charge in [-0.15, -0.1) is 10.2 Å². The highest BCUT2D eigenvalue weighted by Gasteiger charge is 2.02. The summed E-state index contributed by atoms with van der Waals surface area (Å²) in [6.07, 6.45) is 0. The number of aromatic nitrogens is 2. The van der Waals surface area contributed by atoms with E-state index in [1.54, 1.807) is 12.1 Å². The van der Waals surface area contributed by atoms with Crippen molar-refractivity contribution in [2.75, 3.05) is 11.1 Å². The Morgan fingerprint density at radius 1 is 1.06 bits per heavy atom. The second-order valence-electron chi connectivity index (χ2n) is 3.45. The number of nitrogens with two attached hydrogens (primary N) is 1. The number of hydrogen-bond acceptors (Lipinski definition) is 4. The molecule has 1 heterocycles. The first-order valence-corrected chi connectivity index (χ1v) is 4.92. The Labute approximate surface area is 96.5 Å². The average molecular weight is 236 g/mol. The van der Waals surface area contributed by atoms with Crippen LogP contribution in [0.15, 0.2) is 30.3 Å². The Morgan fingerprint density at radius 2 is 1.88 bits per heavy atom. The zero-order chi connectivity index (χ0) is 12.3. The largest absolute Gasteiger partial charge is 0.382 e. The molecule has 0 aliphatic heterocycles. The third-order valence-corrected chi connectivity index (χ3v) is 2.14. The number of anilines is 2. The predicted molar refractivity (Wildman–Crippen MR) is 60.1 cm³/mol. The van der Waals surface area contributed by atoms with Crippen molar-refractivity contribution in [3.63, 3.8) is 0 Å². The summed E-state index contributed by atoms with van der Waals surface area (Å²) in [5, 5.41) is 10.4. The van der Waals surface area contributed by atoms with Crippen molar-refractivity contribution >= 4 is 11.6 Å². The van der Waals surface area contributed by atoms with E-state index in [4.69, 9.17) is 5.73 Å². The van der Waals surface area contributed by atoms with Gasteiger partial charge in [-0.05, 0) is 29.8 Å². The van der Waals surface area contributed by atoms with E-state index in [1.165, 1.54) is 6.07 Å². The quantitative estimate of drug-likeness (QED) is 0.854. The molecule has 0 aliphatic rings. The van der Waals surface area contributed by atoms with E-state index in [-0.39, 0.29) is 0 Å². The maximum Gasteiger partial charge on any atom is 0.159 e. The Kier molecular flexibility index (Phi) is 3.13. The molecule has 4 nitrogen and oxygen atoms in total. The summed E-state index contributed by atoms with van der Waals surface area (Å²) < 4.78 is 25.6. The Morgan fingerprint density at radius 3 is 2.53 bits per heavy atom. The van der Waals surface area contributed by atoms with Crippen LogP contribution in [0.5, 0.6) is 0 Å². The van der Waals surface area contributed by atoms with Gasteiger partial charge >= 0.3 is 0 Å². The molecule has 17 heavy (non-hydrogen) atoms. The molecule has 88 valence electrons. The highest BCUT2D eigenvalue weighted by atomic mass is 19.2. The standard InChI is InChI=1S/C11H10F2N4/c12-8-2-1-7(5-9(8)13)6-15-11-4-3-10(14)16-17-11/h1-5H,6H2,(H2,14,16)(H,15,17). The molecule has 0 bridgehead atoms. The number of nitrogen functional groups attached to an aromatic ring is 1. The molecule has 0 radical (unpaired) electrons. The molecule has 2 aromatic rings. The van der Waals surface area contributed by atoms with Gasteiger partial charge in [0.2, 0.25) is 0 Å².